The summed E-state index contributed by atoms with van der Waals surface area (Å²) in [6.45, 7) is 3.21. The lowest BCUT2D eigenvalue weighted by molar-refractivity contribution is 0.102. The second-order valence-electron chi connectivity index (χ2n) is 7.79. The lowest BCUT2D eigenvalue weighted by atomic mass is 10.1. The lowest BCUT2D eigenvalue weighted by Crippen LogP contribution is -2.38. The summed E-state index contributed by atoms with van der Waals surface area (Å²) < 4.78 is 7.78. The molecule has 0 atom stereocenters. The molecule has 31 heavy (non-hydrogen) atoms. The van der Waals surface area contributed by atoms with Gasteiger partial charge in [-0.1, -0.05) is 42.1 Å². The highest BCUT2D eigenvalue weighted by Gasteiger charge is 2.32. The van der Waals surface area contributed by atoms with Crippen molar-refractivity contribution in [1.29, 1.82) is 0 Å². The highest BCUT2D eigenvalue weighted by Crippen LogP contribution is 2.41. The smallest absolute Gasteiger partial charge is 0.255 e. The number of rotatable bonds is 7. The first-order valence-corrected chi connectivity index (χ1v) is 11.6. The van der Waals surface area contributed by atoms with Gasteiger partial charge in [-0.3, -0.25) is 9.36 Å². The molecule has 0 spiro atoms. The molecule has 2 heterocycles. The number of amides is 1. The molecule has 8 heteroatoms. The van der Waals surface area contributed by atoms with E-state index in [0.29, 0.717) is 11.6 Å². The van der Waals surface area contributed by atoms with Crippen molar-refractivity contribution in [2.75, 3.05) is 36.5 Å². The van der Waals surface area contributed by atoms with Gasteiger partial charge in [0.15, 0.2) is 5.16 Å². The minimum absolute atomic E-state index is 0.103. The number of benzene rings is 2. The molecule has 0 unspecified atom stereocenters. The Morgan fingerprint density at radius 2 is 1.77 bits per heavy atom. The van der Waals surface area contributed by atoms with E-state index in [0.717, 1.165) is 54.4 Å². The van der Waals surface area contributed by atoms with E-state index in [1.54, 1.807) is 11.8 Å². The number of para-hydroxylation sites is 1. The third-order valence-electron chi connectivity index (χ3n) is 5.47. The number of carbonyl (C=O) groups is 1. The van der Waals surface area contributed by atoms with Crippen LogP contribution in [0.15, 0.2) is 59.8 Å². The Kier molecular flexibility index (Phi) is 5.90. The zero-order valence-corrected chi connectivity index (χ0v) is 18.1. The second kappa shape index (κ2) is 9.11. The number of ether oxygens (including phenoxy) is 1. The molecule has 1 amide bonds. The van der Waals surface area contributed by atoms with Crippen molar-refractivity contribution in [2.45, 2.75) is 29.8 Å². The van der Waals surface area contributed by atoms with Crippen molar-refractivity contribution in [1.82, 2.24) is 14.8 Å². The Morgan fingerprint density at radius 1 is 1.03 bits per heavy atom. The van der Waals surface area contributed by atoms with Gasteiger partial charge in [0.05, 0.1) is 13.2 Å². The Labute approximate surface area is 185 Å². The maximum Gasteiger partial charge on any atom is 0.255 e. The maximum atomic E-state index is 12.4. The van der Waals surface area contributed by atoms with Crippen LogP contribution >= 0.6 is 11.8 Å². The summed E-state index contributed by atoms with van der Waals surface area (Å²) in [4.78, 5) is 14.7. The van der Waals surface area contributed by atoms with Crippen molar-refractivity contribution in [3.05, 3.63) is 65.7 Å². The van der Waals surface area contributed by atoms with Crippen LogP contribution in [0.3, 0.4) is 0 Å². The first kappa shape index (κ1) is 20.1. The van der Waals surface area contributed by atoms with Gasteiger partial charge in [0.2, 0.25) is 5.95 Å². The average molecular weight is 436 g/mol. The number of hydrogen-bond acceptors (Lipinski definition) is 6. The summed E-state index contributed by atoms with van der Waals surface area (Å²) >= 11 is 1.70. The first-order valence-electron chi connectivity index (χ1n) is 10.6. The fraction of sp³-hybridized carbons (Fsp3) is 0.348. The van der Waals surface area contributed by atoms with E-state index >= 15 is 0 Å². The Morgan fingerprint density at radius 3 is 2.48 bits per heavy atom. The first-order chi connectivity index (χ1) is 15.3. The molecule has 0 radical (unpaired) electrons. The monoisotopic (exact) mass is 435 g/mol. The Balaban J connectivity index is 1.23. The van der Waals surface area contributed by atoms with E-state index in [2.05, 4.69) is 25.0 Å². The van der Waals surface area contributed by atoms with Crippen molar-refractivity contribution < 1.29 is 9.53 Å². The van der Waals surface area contributed by atoms with Gasteiger partial charge in [-0.05, 0) is 42.7 Å². The number of morpholine rings is 1. The average Bonchev–Trinajstić information content (AvgIpc) is 3.58. The number of carbonyl (C=O) groups excluding carboxylic acids is 1. The summed E-state index contributed by atoms with van der Waals surface area (Å²) in [5, 5.41) is 12.9. The molecule has 1 aliphatic heterocycles. The molecule has 1 aromatic heterocycles. The third-order valence-corrected chi connectivity index (χ3v) is 6.48. The Hall–Kier alpha value is -2.84. The minimum atomic E-state index is -0.103. The lowest BCUT2D eigenvalue weighted by Gasteiger charge is -2.27. The van der Waals surface area contributed by atoms with Crippen LogP contribution in [0.1, 0.15) is 34.8 Å². The molecule has 0 bridgehead atoms. The number of aromatic nitrogens is 3. The fourth-order valence-electron chi connectivity index (χ4n) is 3.62. The van der Waals surface area contributed by atoms with Gasteiger partial charge >= 0.3 is 0 Å². The third kappa shape index (κ3) is 4.75. The van der Waals surface area contributed by atoms with Crippen LogP contribution in [0.5, 0.6) is 0 Å². The number of hydrogen-bond donors (Lipinski definition) is 1. The van der Waals surface area contributed by atoms with Crippen LogP contribution in [0.2, 0.25) is 0 Å². The number of thioether (sulfide) groups is 1. The maximum absolute atomic E-state index is 12.4. The van der Waals surface area contributed by atoms with Crippen molar-refractivity contribution in [2.24, 2.45) is 0 Å². The zero-order chi connectivity index (χ0) is 21.0. The molecule has 2 aliphatic rings. The SMILES string of the molecule is O=C(Nc1ccccc1)c1ccc(CSc2nnc(N3CCOCC3)n2C2CC2)cc1. The summed E-state index contributed by atoms with van der Waals surface area (Å²) in [7, 11) is 0. The van der Waals surface area contributed by atoms with Gasteiger partial charge in [-0.15, -0.1) is 10.2 Å². The van der Waals surface area contributed by atoms with Crippen LogP contribution in [-0.4, -0.2) is 47.0 Å². The van der Waals surface area contributed by atoms with E-state index in [1.165, 1.54) is 12.8 Å². The van der Waals surface area contributed by atoms with Crippen LogP contribution < -0.4 is 10.2 Å². The molecule has 1 aliphatic carbocycles. The number of nitrogens with one attached hydrogen (secondary N) is 1. The summed E-state index contributed by atoms with van der Waals surface area (Å²) in [5.74, 6) is 1.66. The normalized spacial score (nSPS) is 16.3. The van der Waals surface area contributed by atoms with E-state index in [-0.39, 0.29) is 5.91 Å². The van der Waals surface area contributed by atoms with E-state index < -0.39 is 0 Å². The van der Waals surface area contributed by atoms with Gasteiger partial charge < -0.3 is 15.0 Å². The second-order valence-corrected chi connectivity index (χ2v) is 8.73. The van der Waals surface area contributed by atoms with Crippen LogP contribution in [-0.2, 0) is 10.5 Å². The molecular weight excluding hydrogens is 410 g/mol. The highest BCUT2D eigenvalue weighted by molar-refractivity contribution is 7.98. The molecule has 7 nitrogen and oxygen atoms in total. The molecule has 5 rings (SSSR count). The Bertz CT molecular complexity index is 1030. The number of anilines is 2. The van der Waals surface area contributed by atoms with Gasteiger partial charge in [0, 0.05) is 36.1 Å². The molecule has 2 aromatic carbocycles. The molecule has 1 saturated carbocycles. The van der Waals surface area contributed by atoms with Crippen LogP contribution in [0, 0.1) is 0 Å². The van der Waals surface area contributed by atoms with E-state index in [9.17, 15) is 4.79 Å². The van der Waals surface area contributed by atoms with E-state index in [4.69, 9.17) is 4.74 Å². The topological polar surface area (TPSA) is 72.3 Å². The van der Waals surface area contributed by atoms with Gasteiger partial charge in [0.1, 0.15) is 0 Å². The van der Waals surface area contributed by atoms with Crippen molar-refractivity contribution in [3.8, 4) is 0 Å². The summed E-state index contributed by atoms with van der Waals surface area (Å²) in [6.07, 6.45) is 2.38. The summed E-state index contributed by atoms with van der Waals surface area (Å²) in [5.41, 5.74) is 2.59. The minimum Gasteiger partial charge on any atom is -0.378 e. The largest absolute Gasteiger partial charge is 0.378 e. The molecule has 2 fully saturated rings. The van der Waals surface area contributed by atoms with Crippen LogP contribution in [0.4, 0.5) is 11.6 Å². The number of nitrogens with zero attached hydrogens (tertiary/aromatic N) is 4. The fourth-order valence-corrected chi connectivity index (χ4v) is 4.58. The molecule has 1 saturated heterocycles. The highest BCUT2D eigenvalue weighted by atomic mass is 32.2. The summed E-state index contributed by atoms with van der Waals surface area (Å²) in [6, 6.07) is 17.8. The zero-order valence-electron chi connectivity index (χ0n) is 17.2. The molecule has 3 aromatic rings. The van der Waals surface area contributed by atoms with Gasteiger partial charge in [0.25, 0.3) is 5.91 Å². The molecule has 1 N–H and O–H groups in total. The molecular formula is C23H25N5O2S. The quantitative estimate of drug-likeness (QED) is 0.566. The van der Waals surface area contributed by atoms with Crippen molar-refractivity contribution in [3.63, 3.8) is 0 Å². The van der Waals surface area contributed by atoms with Gasteiger partial charge in [-0.2, -0.15) is 0 Å². The van der Waals surface area contributed by atoms with Crippen molar-refractivity contribution >= 4 is 29.3 Å². The molecule has 160 valence electrons. The predicted octanol–water partition coefficient (Wildman–Crippen LogP) is 3.99. The standard InChI is InChI=1S/C23H25N5O2S/c29-21(24-19-4-2-1-3-5-19)18-8-6-17(7-9-18)16-31-23-26-25-22(28(23)20-10-11-20)27-12-14-30-15-13-27/h1-9,20H,10-16H2,(H,24,29). The van der Waals surface area contributed by atoms with Gasteiger partial charge in [-0.25, -0.2) is 0 Å². The predicted molar refractivity (Wildman–Crippen MR) is 122 cm³/mol. The van der Waals surface area contributed by atoms with E-state index in [1.807, 2.05) is 54.6 Å². The van der Waals surface area contributed by atoms with Crippen LogP contribution in [0.25, 0.3) is 0 Å².